The van der Waals surface area contributed by atoms with Crippen molar-refractivity contribution in [1.82, 2.24) is 0 Å². The average molecular weight is 322 g/mol. The summed E-state index contributed by atoms with van der Waals surface area (Å²) in [6, 6.07) is 0. The molecule has 0 spiro atoms. The quantitative estimate of drug-likeness (QED) is 0.589. The molecule has 114 valence electrons. The molecule has 0 aliphatic rings. The summed E-state index contributed by atoms with van der Waals surface area (Å²) in [5, 5.41) is -0.258. The SMILES string of the molecule is COC(=O)CCSC(=O)CCC(=O)SCCC(=O)OC. The number of hydrogen-bond acceptors (Lipinski definition) is 8. The summed E-state index contributed by atoms with van der Waals surface area (Å²) in [5.41, 5.74) is 0. The van der Waals surface area contributed by atoms with Gasteiger partial charge in [0.15, 0.2) is 10.2 Å². The number of rotatable bonds is 9. The van der Waals surface area contributed by atoms with Crippen LogP contribution in [0.1, 0.15) is 25.7 Å². The summed E-state index contributed by atoms with van der Waals surface area (Å²) in [5.74, 6) is -0.0100. The van der Waals surface area contributed by atoms with Crippen LogP contribution in [0.25, 0.3) is 0 Å². The van der Waals surface area contributed by atoms with Gasteiger partial charge in [-0.05, 0) is 0 Å². The minimum absolute atomic E-state index is 0.129. The van der Waals surface area contributed by atoms with Gasteiger partial charge < -0.3 is 9.47 Å². The summed E-state index contributed by atoms with van der Waals surface area (Å²) in [6.07, 6.45) is 0.620. The fourth-order valence-electron chi connectivity index (χ4n) is 1.05. The third-order valence-corrected chi connectivity index (χ3v) is 4.00. The number of methoxy groups -OCH3 is 2. The topological polar surface area (TPSA) is 86.7 Å². The molecule has 0 unspecified atom stereocenters. The monoisotopic (exact) mass is 322 g/mol. The molecule has 0 radical (unpaired) electrons. The van der Waals surface area contributed by atoms with Gasteiger partial charge in [0.25, 0.3) is 0 Å². The van der Waals surface area contributed by atoms with Crippen molar-refractivity contribution in [3.05, 3.63) is 0 Å². The Labute approximate surface area is 126 Å². The largest absolute Gasteiger partial charge is 0.469 e. The van der Waals surface area contributed by atoms with E-state index in [-0.39, 0.29) is 47.9 Å². The third kappa shape index (κ3) is 10.9. The van der Waals surface area contributed by atoms with Crippen molar-refractivity contribution in [1.29, 1.82) is 0 Å². The van der Waals surface area contributed by atoms with Crippen LogP contribution in [0.5, 0.6) is 0 Å². The van der Waals surface area contributed by atoms with E-state index < -0.39 is 0 Å². The van der Waals surface area contributed by atoms with E-state index in [4.69, 9.17) is 0 Å². The van der Waals surface area contributed by atoms with Crippen LogP contribution in [-0.2, 0) is 28.7 Å². The smallest absolute Gasteiger partial charge is 0.306 e. The molecule has 0 fully saturated rings. The van der Waals surface area contributed by atoms with Gasteiger partial charge in [0.2, 0.25) is 0 Å². The van der Waals surface area contributed by atoms with Gasteiger partial charge in [0, 0.05) is 24.3 Å². The van der Waals surface area contributed by atoms with E-state index in [0.717, 1.165) is 23.5 Å². The van der Waals surface area contributed by atoms with Gasteiger partial charge in [-0.15, -0.1) is 0 Å². The van der Waals surface area contributed by atoms with Crippen LogP contribution in [0, 0.1) is 0 Å². The van der Waals surface area contributed by atoms with Crippen LogP contribution in [0.3, 0.4) is 0 Å². The fourth-order valence-corrected chi connectivity index (χ4v) is 2.53. The van der Waals surface area contributed by atoms with E-state index in [0.29, 0.717) is 11.5 Å². The maximum Gasteiger partial charge on any atom is 0.306 e. The Morgan fingerprint density at radius 1 is 0.700 bits per heavy atom. The molecule has 20 heavy (non-hydrogen) atoms. The molecule has 0 aliphatic carbocycles. The number of carbonyl (C=O) groups is 4. The predicted molar refractivity (Wildman–Crippen MR) is 77.4 cm³/mol. The number of hydrogen-bond donors (Lipinski definition) is 0. The molecule has 0 aromatic carbocycles. The lowest BCUT2D eigenvalue weighted by Crippen LogP contribution is -2.05. The molecular formula is C12H18O6S2. The second kappa shape index (κ2) is 11.8. The first-order valence-electron chi connectivity index (χ1n) is 5.94. The summed E-state index contributed by atoms with van der Waals surface area (Å²) in [4.78, 5) is 44.5. The minimum atomic E-state index is -0.361. The zero-order valence-corrected chi connectivity index (χ0v) is 13.1. The standard InChI is InChI=1S/C12H18O6S2/c1-17-9(13)5-7-19-11(15)3-4-12(16)20-8-6-10(14)18-2/h3-8H2,1-2H3. The van der Waals surface area contributed by atoms with E-state index in [2.05, 4.69) is 9.47 Å². The van der Waals surface area contributed by atoms with E-state index >= 15 is 0 Å². The third-order valence-electron chi connectivity index (χ3n) is 2.13. The second-order valence-corrected chi connectivity index (χ2v) is 5.90. The molecule has 0 aromatic heterocycles. The van der Waals surface area contributed by atoms with Crippen molar-refractivity contribution in [3.8, 4) is 0 Å². The molecule has 0 saturated heterocycles. The molecule has 0 amide bonds. The molecule has 0 bridgehead atoms. The summed E-state index contributed by atoms with van der Waals surface area (Å²) in [6.45, 7) is 0. The molecule has 0 rings (SSSR count). The van der Waals surface area contributed by atoms with E-state index in [1.165, 1.54) is 14.2 Å². The van der Waals surface area contributed by atoms with E-state index in [9.17, 15) is 19.2 Å². The van der Waals surface area contributed by atoms with Crippen LogP contribution < -0.4 is 0 Å². The Morgan fingerprint density at radius 3 is 1.35 bits per heavy atom. The van der Waals surface area contributed by atoms with Crippen molar-refractivity contribution in [2.75, 3.05) is 25.7 Å². The van der Waals surface area contributed by atoms with Gasteiger partial charge >= 0.3 is 11.9 Å². The van der Waals surface area contributed by atoms with Gasteiger partial charge in [0.1, 0.15) is 0 Å². The summed E-state index contributed by atoms with van der Waals surface area (Å²) >= 11 is 2.04. The van der Waals surface area contributed by atoms with Crippen molar-refractivity contribution in [3.63, 3.8) is 0 Å². The summed E-state index contributed by atoms with van der Waals surface area (Å²) < 4.78 is 8.89. The maximum atomic E-state index is 11.4. The van der Waals surface area contributed by atoms with Gasteiger partial charge in [-0.2, -0.15) is 0 Å². The van der Waals surface area contributed by atoms with Crippen LogP contribution in [0.15, 0.2) is 0 Å². The lowest BCUT2D eigenvalue weighted by atomic mass is 10.4. The predicted octanol–water partition coefficient (Wildman–Crippen LogP) is 1.41. The maximum absolute atomic E-state index is 11.4. The molecule has 0 N–H and O–H groups in total. The Bertz CT molecular complexity index is 322. The first-order valence-corrected chi connectivity index (χ1v) is 7.91. The Balaban J connectivity index is 3.60. The lowest BCUT2D eigenvalue weighted by molar-refractivity contribution is -0.141. The van der Waals surface area contributed by atoms with Crippen LogP contribution in [-0.4, -0.2) is 47.9 Å². The molecular weight excluding hydrogens is 304 g/mol. The Hall–Kier alpha value is -1.02. The van der Waals surface area contributed by atoms with Gasteiger partial charge in [-0.1, -0.05) is 23.5 Å². The highest BCUT2D eigenvalue weighted by atomic mass is 32.2. The van der Waals surface area contributed by atoms with Crippen molar-refractivity contribution in [2.45, 2.75) is 25.7 Å². The van der Waals surface area contributed by atoms with Crippen LogP contribution >= 0.6 is 23.5 Å². The zero-order valence-electron chi connectivity index (χ0n) is 11.5. The van der Waals surface area contributed by atoms with Gasteiger partial charge in [0.05, 0.1) is 27.1 Å². The number of thioether (sulfide) groups is 2. The minimum Gasteiger partial charge on any atom is -0.469 e. The second-order valence-electron chi connectivity index (χ2n) is 3.59. The van der Waals surface area contributed by atoms with Crippen molar-refractivity contribution < 1.29 is 28.7 Å². The highest BCUT2D eigenvalue weighted by Gasteiger charge is 2.10. The molecule has 0 aromatic rings. The van der Waals surface area contributed by atoms with Gasteiger partial charge in [-0.3, -0.25) is 19.2 Å². The normalized spacial score (nSPS) is 9.90. The number of ether oxygens (including phenoxy) is 2. The fraction of sp³-hybridized carbons (Fsp3) is 0.667. The first-order chi connectivity index (χ1) is 9.49. The highest BCUT2D eigenvalue weighted by Crippen LogP contribution is 2.14. The number of esters is 2. The molecule has 6 nitrogen and oxygen atoms in total. The lowest BCUT2D eigenvalue weighted by Gasteiger charge is -2.01. The van der Waals surface area contributed by atoms with Crippen molar-refractivity contribution in [2.24, 2.45) is 0 Å². The molecule has 0 heterocycles. The first kappa shape index (κ1) is 19.0. The Morgan fingerprint density at radius 2 is 1.05 bits per heavy atom. The van der Waals surface area contributed by atoms with Crippen molar-refractivity contribution >= 4 is 45.7 Å². The molecule has 0 saturated carbocycles. The average Bonchev–Trinajstić information content (AvgIpc) is 2.44. The highest BCUT2D eigenvalue weighted by molar-refractivity contribution is 8.14. The summed E-state index contributed by atoms with van der Waals surface area (Å²) in [7, 11) is 2.58. The van der Waals surface area contributed by atoms with E-state index in [1.54, 1.807) is 0 Å². The number of carbonyl (C=O) groups excluding carboxylic acids is 4. The Kier molecular flexibility index (Phi) is 11.2. The van der Waals surface area contributed by atoms with Crippen LogP contribution in [0.2, 0.25) is 0 Å². The van der Waals surface area contributed by atoms with Crippen LogP contribution in [0.4, 0.5) is 0 Å². The van der Waals surface area contributed by atoms with Gasteiger partial charge in [-0.25, -0.2) is 0 Å². The zero-order chi connectivity index (χ0) is 15.4. The molecule has 0 atom stereocenters. The molecule has 8 heteroatoms. The molecule has 0 aliphatic heterocycles. The van der Waals surface area contributed by atoms with E-state index in [1.807, 2.05) is 0 Å².